The number of aryl methyl sites for hydroxylation is 4. The van der Waals surface area contributed by atoms with Gasteiger partial charge in [0.2, 0.25) is 0 Å². The minimum Gasteiger partial charge on any atom is -0.172 e. The Morgan fingerprint density at radius 1 is 0.288 bits per heavy atom. The van der Waals surface area contributed by atoms with E-state index < -0.39 is 0 Å². The zero-order valence-electron chi connectivity index (χ0n) is 31.3. The number of allylic oxidation sites excluding steroid dienone is 24. The molecule has 10 rings (SSSR count). The monoisotopic (exact) mass is 772 g/mol. The van der Waals surface area contributed by atoms with Gasteiger partial charge >= 0.3 is 206 Å². The second-order valence-electron chi connectivity index (χ2n) is 12.5. The quantitative estimate of drug-likeness (QED) is 0.219. The summed E-state index contributed by atoms with van der Waals surface area (Å²) in [6.07, 6.45) is 64.6. The molecule has 0 amide bonds. The summed E-state index contributed by atoms with van der Waals surface area (Å²) in [5, 5.41) is 5.25. The molecule has 0 atom stereocenters. The van der Waals surface area contributed by atoms with E-state index in [1.165, 1.54) is 65.4 Å². The number of benzene rings is 2. The van der Waals surface area contributed by atoms with Crippen LogP contribution < -0.4 is 226 Å². The molecular formula is C48H40K4. The molecule has 0 nitrogen and oxygen atoms in total. The number of hydrogen-bond donors (Lipinski definition) is 0. The van der Waals surface area contributed by atoms with Gasteiger partial charge in [0.1, 0.15) is 0 Å². The second kappa shape index (κ2) is 25.2. The minimum atomic E-state index is 0. The van der Waals surface area contributed by atoms with E-state index in [9.17, 15) is 0 Å². The van der Waals surface area contributed by atoms with Crippen molar-refractivity contribution >= 4 is 24.3 Å². The van der Waals surface area contributed by atoms with E-state index >= 15 is 0 Å². The summed E-state index contributed by atoms with van der Waals surface area (Å²) in [5.74, 6) is 0. The first-order valence-corrected chi connectivity index (χ1v) is 17.0. The van der Waals surface area contributed by atoms with Crippen LogP contribution in [0.4, 0.5) is 0 Å². The summed E-state index contributed by atoms with van der Waals surface area (Å²) >= 11 is 0. The summed E-state index contributed by atoms with van der Waals surface area (Å²) < 4.78 is 0. The molecule has 0 aromatic heterocycles. The van der Waals surface area contributed by atoms with Crippen LogP contribution in [0.25, 0.3) is 24.3 Å². The van der Waals surface area contributed by atoms with Crippen molar-refractivity contribution in [1.82, 2.24) is 0 Å². The van der Waals surface area contributed by atoms with Crippen LogP contribution in [0.5, 0.6) is 0 Å². The van der Waals surface area contributed by atoms with Crippen molar-refractivity contribution < 1.29 is 206 Å². The molecule has 0 saturated heterocycles. The first-order valence-electron chi connectivity index (χ1n) is 17.0. The van der Waals surface area contributed by atoms with Crippen molar-refractivity contribution in [2.75, 3.05) is 0 Å². The zero-order valence-corrected chi connectivity index (χ0v) is 43.8. The topological polar surface area (TPSA) is 0 Å². The second-order valence-corrected chi connectivity index (χ2v) is 12.5. The van der Waals surface area contributed by atoms with Gasteiger partial charge in [0.25, 0.3) is 0 Å². The smallest absolute Gasteiger partial charge is 0.172 e. The van der Waals surface area contributed by atoms with Gasteiger partial charge in [-0.1, -0.05) is 72.9 Å². The van der Waals surface area contributed by atoms with Crippen molar-refractivity contribution in [3.63, 3.8) is 0 Å². The molecule has 0 unspecified atom stereocenters. The maximum atomic E-state index is 2.45. The molecule has 0 spiro atoms. The minimum absolute atomic E-state index is 0. The van der Waals surface area contributed by atoms with Crippen LogP contribution in [0.15, 0.2) is 168 Å². The van der Waals surface area contributed by atoms with Crippen LogP contribution in [0.1, 0.15) is 22.3 Å². The summed E-state index contributed by atoms with van der Waals surface area (Å²) in [4.78, 5) is 0. The molecule has 8 aliphatic rings. The third-order valence-electron chi connectivity index (χ3n) is 9.15. The van der Waals surface area contributed by atoms with Crippen molar-refractivity contribution in [1.29, 1.82) is 0 Å². The Morgan fingerprint density at radius 2 is 0.481 bits per heavy atom. The average Bonchev–Trinajstić information content (AvgIpc) is 3.14. The average molecular weight is 773 g/mol. The molecule has 2 aromatic carbocycles. The van der Waals surface area contributed by atoms with E-state index in [2.05, 4.69) is 196 Å². The van der Waals surface area contributed by atoms with Crippen molar-refractivity contribution in [2.45, 2.75) is 25.7 Å². The molecule has 0 aliphatic heterocycles. The standard InChI is InChI=1S/C48H40.4K/c1-5-13-37(14-6-1)21-25-41-33-46-31-32-48-36-43(27-23-39-17-9-3-10-18-39)47(35-44(48)28-24-40-19-11-4-12-20-40)30-29-45(41)34-42(46)26-22-38-15-7-2-8-16-38;;;;/h1-28,33-36H,29-32H2;;;;/q-4;4*+1/b41-25+,42-26+,43-27+,44-28+;;;;. The molecule has 4 heteroatoms. The Bertz CT molecular complexity index is 1850. The fraction of sp³-hybridized carbons (Fsp3) is 0.0833. The SMILES string of the molecule is C1=CC(=C/C=c2\cc3/c(=C/C=C4C=C[CH-]C=C4)cc2CCc2c/c(=C\C=C4C=C[CH-]C=C4)c(c/c2=C\C=C2C=C[CH-]C=C2)CC3)C=C[CH-]1.[K+].[K+].[K+].[K+]. The van der Waals surface area contributed by atoms with Gasteiger partial charge in [-0.15, -0.1) is 22.3 Å². The molecule has 0 saturated carbocycles. The maximum Gasteiger partial charge on any atom is 1.00 e. The van der Waals surface area contributed by atoms with E-state index in [1.54, 1.807) is 0 Å². The van der Waals surface area contributed by atoms with Gasteiger partial charge < -0.3 is 0 Å². The van der Waals surface area contributed by atoms with Crippen molar-refractivity contribution in [2.24, 2.45) is 0 Å². The Hall–Kier alpha value is 0.825. The molecule has 52 heavy (non-hydrogen) atoms. The Morgan fingerprint density at radius 3 is 0.673 bits per heavy atom. The summed E-state index contributed by atoms with van der Waals surface area (Å²) in [6.45, 7) is 0. The molecule has 0 N–H and O–H groups in total. The van der Waals surface area contributed by atoms with Crippen LogP contribution in [-0.4, -0.2) is 0 Å². The van der Waals surface area contributed by atoms with Gasteiger partial charge in [-0.3, -0.25) is 0 Å². The zero-order chi connectivity index (χ0) is 32.4. The fourth-order valence-electron chi connectivity index (χ4n) is 6.48. The molecule has 236 valence electrons. The van der Waals surface area contributed by atoms with Gasteiger partial charge in [0.15, 0.2) is 0 Å². The first kappa shape index (κ1) is 47.2. The third-order valence-corrected chi connectivity index (χ3v) is 9.15. The normalized spacial score (nSPS) is 17.4. The Labute approximate surface area is 481 Å². The van der Waals surface area contributed by atoms with Gasteiger partial charge in [-0.05, 0) is 68.8 Å². The first-order chi connectivity index (χ1) is 23.8. The van der Waals surface area contributed by atoms with Crippen LogP contribution in [-0.2, 0) is 25.7 Å². The maximum absolute atomic E-state index is 2.45. The molecule has 0 fully saturated rings. The van der Waals surface area contributed by atoms with E-state index in [-0.39, 0.29) is 206 Å². The molecule has 8 aliphatic carbocycles. The third kappa shape index (κ3) is 14.0. The number of rotatable bonds is 4. The molecular weight excluding hydrogens is 733 g/mol. The summed E-state index contributed by atoms with van der Waals surface area (Å²) in [6, 6.07) is 9.79. The van der Waals surface area contributed by atoms with Crippen LogP contribution >= 0.6 is 0 Å². The summed E-state index contributed by atoms with van der Waals surface area (Å²) in [5.41, 5.74) is 10.4. The molecule has 2 aromatic rings. The Balaban J connectivity index is 0.00000182. The van der Waals surface area contributed by atoms with Crippen molar-refractivity contribution in [3.8, 4) is 0 Å². The van der Waals surface area contributed by atoms with Gasteiger partial charge in [-0.25, -0.2) is 0 Å². The van der Waals surface area contributed by atoms with Crippen molar-refractivity contribution in [3.05, 3.63) is 237 Å². The predicted molar refractivity (Wildman–Crippen MR) is 207 cm³/mol. The largest absolute Gasteiger partial charge is 1.00 e. The summed E-state index contributed by atoms with van der Waals surface area (Å²) in [7, 11) is 0. The Kier molecular flexibility index (Phi) is 22.9. The van der Waals surface area contributed by atoms with Crippen LogP contribution in [0.2, 0.25) is 0 Å². The number of hydrogen-bond acceptors (Lipinski definition) is 0. The molecule has 0 radical (unpaired) electrons. The fourth-order valence-corrected chi connectivity index (χ4v) is 6.48. The van der Waals surface area contributed by atoms with Gasteiger partial charge in [0.05, 0.1) is 0 Å². The molecule has 4 bridgehead atoms. The van der Waals surface area contributed by atoms with Crippen LogP contribution in [0, 0.1) is 25.7 Å². The van der Waals surface area contributed by atoms with E-state index in [1.807, 2.05) is 0 Å². The van der Waals surface area contributed by atoms with Crippen LogP contribution in [0.3, 0.4) is 0 Å². The van der Waals surface area contributed by atoms with Gasteiger partial charge in [-0.2, -0.15) is 123 Å². The van der Waals surface area contributed by atoms with Gasteiger partial charge in [0, 0.05) is 0 Å². The van der Waals surface area contributed by atoms with E-state index in [0.717, 1.165) is 25.7 Å². The van der Waals surface area contributed by atoms with E-state index in [0.29, 0.717) is 0 Å². The predicted octanol–water partition coefficient (Wildman–Crippen LogP) is -4.26. The molecule has 0 heterocycles. The van der Waals surface area contributed by atoms with E-state index in [4.69, 9.17) is 0 Å².